The van der Waals surface area contributed by atoms with Gasteiger partial charge in [0.05, 0.1) is 15.7 Å². The maximum Gasteiger partial charge on any atom is 1.00 e. The summed E-state index contributed by atoms with van der Waals surface area (Å²) in [6.45, 7) is 0. The Morgan fingerprint density at radius 1 is 0.600 bits per heavy atom. The van der Waals surface area contributed by atoms with E-state index in [0.29, 0.717) is 20.1 Å². The number of halogens is 7. The van der Waals surface area contributed by atoms with Crippen LogP contribution in [-0.2, 0) is 7.05 Å². The summed E-state index contributed by atoms with van der Waals surface area (Å²) >= 11 is 38.4. The summed E-state index contributed by atoms with van der Waals surface area (Å²) in [5.41, 5.74) is 6.02. The van der Waals surface area contributed by atoms with Gasteiger partial charge in [-0.25, -0.2) is 0 Å². The Kier molecular flexibility index (Phi) is 12.9. The molecule has 1 N–H and O–H groups in total. The second kappa shape index (κ2) is 15.2. The molecule has 0 spiro atoms. The summed E-state index contributed by atoms with van der Waals surface area (Å²) in [6.07, 6.45) is 0. The number of hydrogen-bond donors (Lipinski definition) is 1. The topological polar surface area (TPSA) is 20.7 Å². The Bertz CT molecular complexity index is 1790. The van der Waals surface area contributed by atoms with E-state index in [1.165, 1.54) is 0 Å². The molecule has 202 valence electrons. The summed E-state index contributed by atoms with van der Waals surface area (Å²) in [7, 11) is 2.01. The second-order valence-electron chi connectivity index (χ2n) is 8.45. The van der Waals surface area contributed by atoms with Gasteiger partial charge in [-0.05, 0) is 89.9 Å². The first-order chi connectivity index (χ1) is 18.7. The number of alkyl halides is 1. The van der Waals surface area contributed by atoms with Crippen molar-refractivity contribution in [2.45, 2.75) is 0 Å². The minimum absolute atomic E-state index is 0. The smallest absolute Gasteiger partial charge is 1.00 e. The molecule has 0 saturated carbocycles. The van der Waals surface area contributed by atoms with Crippen molar-refractivity contribution in [2.24, 2.45) is 7.05 Å². The fourth-order valence-corrected chi connectivity index (χ4v) is 5.61. The summed E-state index contributed by atoms with van der Waals surface area (Å²) < 4.78 is 2.10. The molecular formula is C30H22Cl6IN2Na. The molecule has 2 heterocycles. The molecule has 0 bridgehead atoms. The zero-order chi connectivity index (χ0) is 28.3. The average molecular weight is 773 g/mol. The van der Waals surface area contributed by atoms with Crippen LogP contribution >= 0.6 is 92.2 Å². The first-order valence-electron chi connectivity index (χ1n) is 11.5. The fraction of sp³-hybridized carbons (Fsp3) is 0.0667. The van der Waals surface area contributed by atoms with Crippen molar-refractivity contribution in [3.8, 4) is 22.5 Å². The number of hydrogen-bond acceptors (Lipinski definition) is 0. The van der Waals surface area contributed by atoms with Crippen molar-refractivity contribution in [1.82, 2.24) is 9.55 Å². The zero-order valence-corrected chi connectivity index (χ0v) is 30.4. The molecule has 0 aliphatic rings. The van der Waals surface area contributed by atoms with Gasteiger partial charge >= 0.3 is 29.6 Å². The normalized spacial score (nSPS) is 10.4. The molecule has 40 heavy (non-hydrogen) atoms. The Labute approximate surface area is 300 Å². The largest absolute Gasteiger partial charge is 1.00 e. The number of rotatable bonds is 2. The molecule has 6 aromatic rings. The molecule has 0 fully saturated rings. The van der Waals surface area contributed by atoms with E-state index in [1.54, 1.807) is 12.1 Å². The van der Waals surface area contributed by atoms with Crippen molar-refractivity contribution < 1.29 is 31.0 Å². The number of H-pyrrole nitrogens is 1. The molecule has 4 aromatic carbocycles. The molecule has 2 nitrogen and oxygen atoms in total. The standard InChI is InChI=1S/C15H10Cl3N.C14H8Cl3N.CH3I.Na.H/c1-19-14-5-3-10(16)6-9(14)7-15(19)12-4-2-11(17)8-13(12)18;15-9-2-4-13-8(5-9)6-14(18-13)11-3-1-10(16)7-12(11)17;1-2;;/h2-8H,1H3;1-7,18H;1H3;;/q;;;+1;-1. The van der Waals surface area contributed by atoms with Crippen LogP contribution in [0.25, 0.3) is 44.3 Å². The molecule has 6 rings (SSSR count). The number of benzene rings is 4. The van der Waals surface area contributed by atoms with Crippen LogP contribution in [0, 0.1) is 0 Å². The minimum Gasteiger partial charge on any atom is -1.00 e. The number of aryl methyl sites for hydroxylation is 1. The third kappa shape index (κ3) is 7.87. The van der Waals surface area contributed by atoms with E-state index >= 15 is 0 Å². The van der Waals surface area contributed by atoms with Gasteiger partial charge in [0.2, 0.25) is 0 Å². The summed E-state index contributed by atoms with van der Waals surface area (Å²) in [5.74, 6) is 0. The van der Waals surface area contributed by atoms with Gasteiger partial charge in [0.25, 0.3) is 0 Å². The van der Waals surface area contributed by atoms with E-state index < -0.39 is 0 Å². The van der Waals surface area contributed by atoms with Gasteiger partial charge in [-0.15, -0.1) is 0 Å². The van der Waals surface area contributed by atoms with E-state index in [0.717, 1.165) is 54.4 Å². The molecule has 0 aliphatic heterocycles. The number of aromatic nitrogens is 2. The molecule has 0 aliphatic carbocycles. The van der Waals surface area contributed by atoms with E-state index in [-0.39, 0.29) is 31.0 Å². The Hall–Kier alpha value is -0.570. The summed E-state index contributed by atoms with van der Waals surface area (Å²) in [4.78, 5) is 5.28. The molecule has 0 unspecified atom stereocenters. The number of fused-ring (bicyclic) bond motifs is 2. The van der Waals surface area contributed by atoms with Crippen LogP contribution < -0.4 is 29.6 Å². The van der Waals surface area contributed by atoms with Crippen LogP contribution in [0.1, 0.15) is 1.43 Å². The fourth-order valence-electron chi connectivity index (χ4n) is 4.23. The van der Waals surface area contributed by atoms with Gasteiger partial charge in [-0.3, -0.25) is 0 Å². The molecule has 0 saturated heterocycles. The van der Waals surface area contributed by atoms with Crippen LogP contribution in [0.4, 0.5) is 0 Å². The van der Waals surface area contributed by atoms with E-state index in [9.17, 15) is 0 Å². The Balaban J connectivity index is 0.000000259. The first-order valence-corrected chi connectivity index (χ1v) is 15.9. The van der Waals surface area contributed by atoms with Crippen molar-refractivity contribution in [2.75, 3.05) is 4.93 Å². The SMILES string of the molecule is CI.Clc1ccc(-c2cc3cc(Cl)ccc3[nH]2)c(Cl)c1.Cn1c(-c2ccc(Cl)cc2Cl)cc2cc(Cl)ccc21.[H-].[Na+]. The maximum atomic E-state index is 6.27. The zero-order valence-electron chi connectivity index (χ0n) is 22.7. The predicted octanol–water partition coefficient (Wildman–Crippen LogP) is 9.77. The van der Waals surface area contributed by atoms with Crippen LogP contribution in [0.15, 0.2) is 84.9 Å². The van der Waals surface area contributed by atoms with Crippen LogP contribution in [-0.4, -0.2) is 14.5 Å². The van der Waals surface area contributed by atoms with Crippen molar-refractivity contribution in [3.05, 3.63) is 115 Å². The van der Waals surface area contributed by atoms with Gasteiger partial charge in [0.1, 0.15) is 0 Å². The third-order valence-corrected chi connectivity index (χ3v) is 7.58. The molecule has 10 heteroatoms. The predicted molar refractivity (Wildman–Crippen MR) is 183 cm³/mol. The quantitative estimate of drug-likeness (QED) is 0.103. The number of aromatic amines is 1. The Morgan fingerprint density at radius 2 is 1.10 bits per heavy atom. The van der Waals surface area contributed by atoms with Crippen molar-refractivity contribution in [3.63, 3.8) is 0 Å². The summed E-state index contributed by atoms with van der Waals surface area (Å²) in [5, 5.41) is 6.13. The van der Waals surface area contributed by atoms with Gasteiger partial charge in [0.15, 0.2) is 0 Å². The average Bonchev–Trinajstić information content (AvgIpc) is 3.45. The van der Waals surface area contributed by atoms with Crippen LogP contribution in [0.5, 0.6) is 0 Å². The molecular weight excluding hydrogens is 751 g/mol. The number of nitrogens with zero attached hydrogens (tertiary/aromatic N) is 1. The second-order valence-corrected chi connectivity index (χ2v) is 11.0. The van der Waals surface area contributed by atoms with Crippen molar-refractivity contribution >= 4 is 114 Å². The maximum absolute atomic E-state index is 6.27. The van der Waals surface area contributed by atoms with Gasteiger partial charge < -0.3 is 11.0 Å². The molecule has 0 atom stereocenters. The van der Waals surface area contributed by atoms with E-state index in [2.05, 4.69) is 38.2 Å². The summed E-state index contributed by atoms with van der Waals surface area (Å²) in [6, 6.07) is 26.6. The monoisotopic (exact) mass is 770 g/mol. The van der Waals surface area contributed by atoms with Gasteiger partial charge in [-0.2, -0.15) is 0 Å². The van der Waals surface area contributed by atoms with Gasteiger partial charge in [0, 0.05) is 65.8 Å². The van der Waals surface area contributed by atoms with E-state index in [1.807, 2.05) is 78.7 Å². The van der Waals surface area contributed by atoms with Crippen molar-refractivity contribution in [1.29, 1.82) is 0 Å². The minimum atomic E-state index is 0. The Morgan fingerprint density at radius 3 is 1.70 bits per heavy atom. The molecule has 0 radical (unpaired) electrons. The molecule has 2 aromatic heterocycles. The molecule has 0 amide bonds. The van der Waals surface area contributed by atoms with Crippen LogP contribution in [0.3, 0.4) is 0 Å². The third-order valence-electron chi connectivity index (χ3n) is 6.02. The first kappa shape index (κ1) is 33.9. The van der Waals surface area contributed by atoms with Crippen LogP contribution in [0.2, 0.25) is 30.1 Å². The number of nitrogens with one attached hydrogen (secondary N) is 1. The van der Waals surface area contributed by atoms with Gasteiger partial charge in [-0.1, -0.05) is 92.2 Å². The van der Waals surface area contributed by atoms with E-state index in [4.69, 9.17) is 69.6 Å².